The Morgan fingerprint density at radius 1 is 0.897 bits per heavy atom. The van der Waals surface area contributed by atoms with Crippen molar-refractivity contribution in [3.05, 3.63) is 76.3 Å². The fraction of sp³-hybridized carbons (Fsp3) is 0.179. The normalized spacial score (nSPS) is 16.5. The van der Waals surface area contributed by atoms with Crippen LogP contribution in [-0.4, -0.2) is 55.2 Å². The van der Waals surface area contributed by atoms with Gasteiger partial charge >= 0.3 is 5.91 Å². The van der Waals surface area contributed by atoms with E-state index in [2.05, 4.69) is 9.97 Å². The highest BCUT2D eigenvalue weighted by atomic mass is 35.5. The number of ketones is 1. The maximum Gasteiger partial charge on any atom is 0.302 e. The zero-order valence-electron chi connectivity index (χ0n) is 21.4. The Morgan fingerprint density at radius 2 is 1.59 bits per heavy atom. The van der Waals surface area contributed by atoms with Crippen LogP contribution >= 0.6 is 11.6 Å². The van der Waals surface area contributed by atoms with Crippen LogP contribution in [0, 0.1) is 0 Å². The molecule has 200 valence electrons. The van der Waals surface area contributed by atoms with E-state index in [4.69, 9.17) is 30.5 Å². The minimum atomic E-state index is -1.09. The van der Waals surface area contributed by atoms with Crippen molar-refractivity contribution in [2.45, 2.75) is 6.04 Å². The fourth-order valence-corrected chi connectivity index (χ4v) is 4.87. The molecule has 4 aromatic rings. The summed E-state index contributed by atoms with van der Waals surface area (Å²) in [5.41, 5.74) is 1.66. The van der Waals surface area contributed by atoms with Crippen LogP contribution in [0.2, 0.25) is 5.02 Å². The van der Waals surface area contributed by atoms with Gasteiger partial charge in [0.05, 0.1) is 61.7 Å². The summed E-state index contributed by atoms with van der Waals surface area (Å²) in [6, 6.07) is 14.0. The van der Waals surface area contributed by atoms with Crippen LogP contribution in [0.15, 0.2) is 60.2 Å². The Kier molecular flexibility index (Phi) is 6.80. The Bertz CT molecular complexity index is 1610. The largest absolute Gasteiger partial charge is 0.507 e. The number of Topliss-reactive ketones (excluding diaryl/α,β-unsaturated/α-hetero) is 1. The van der Waals surface area contributed by atoms with Gasteiger partial charge in [0.2, 0.25) is 5.95 Å². The van der Waals surface area contributed by atoms with Crippen molar-refractivity contribution in [1.29, 1.82) is 0 Å². The molecule has 1 aromatic heterocycles. The molecular weight excluding hydrogens is 526 g/mol. The van der Waals surface area contributed by atoms with Crippen LogP contribution in [0.25, 0.3) is 16.8 Å². The molecule has 1 saturated heterocycles. The van der Waals surface area contributed by atoms with Crippen LogP contribution in [0.5, 0.6) is 23.0 Å². The number of nitrogens with one attached hydrogen (secondary N) is 1. The summed E-state index contributed by atoms with van der Waals surface area (Å²) in [5.74, 6) is -0.819. The summed E-state index contributed by atoms with van der Waals surface area (Å²) in [6.45, 7) is 0. The average molecular weight is 550 g/mol. The number of aromatic amines is 1. The van der Waals surface area contributed by atoms with Crippen LogP contribution in [0.1, 0.15) is 17.2 Å². The van der Waals surface area contributed by atoms with Gasteiger partial charge < -0.3 is 29.0 Å². The van der Waals surface area contributed by atoms with Crippen LogP contribution in [0.3, 0.4) is 0 Å². The average Bonchev–Trinajstić information content (AvgIpc) is 3.50. The molecule has 1 atom stereocenters. The van der Waals surface area contributed by atoms with Crippen molar-refractivity contribution in [1.82, 2.24) is 9.97 Å². The van der Waals surface area contributed by atoms with Crippen molar-refractivity contribution >= 4 is 46.0 Å². The van der Waals surface area contributed by atoms with E-state index >= 15 is 0 Å². The standard InChI is InChI=1S/C28H24ClN3O7/c1-36-19-10-9-14(11-22(19)39-4)24-23(25(33)15-12-16(29)21(38-3)13-20(15)37-2)26(34)27(35)32(24)28-30-17-7-5-6-8-18(17)31-28/h5-13,24,33H,1-4H3,(H,30,31)/b25-23+. The second-order valence-corrected chi connectivity index (χ2v) is 8.96. The number of benzene rings is 3. The maximum absolute atomic E-state index is 13.6. The SMILES string of the molecule is COc1cc(OC)c(/C(O)=C2\C(=O)C(=O)N(c3nc4ccccc4[nH]3)C2c2ccc(OC)c(OC)c2)cc1Cl. The second-order valence-electron chi connectivity index (χ2n) is 8.55. The molecule has 1 unspecified atom stereocenters. The number of aliphatic hydroxyl groups is 1. The number of carbonyl (C=O) groups excluding carboxylic acids is 2. The van der Waals surface area contributed by atoms with Crippen molar-refractivity contribution < 1.29 is 33.6 Å². The van der Waals surface area contributed by atoms with Crippen LogP contribution in [-0.2, 0) is 9.59 Å². The van der Waals surface area contributed by atoms with Gasteiger partial charge in [-0.05, 0) is 35.9 Å². The van der Waals surface area contributed by atoms with Gasteiger partial charge in [-0.1, -0.05) is 29.8 Å². The summed E-state index contributed by atoms with van der Waals surface area (Å²) in [5, 5.41) is 11.8. The van der Waals surface area contributed by atoms with Gasteiger partial charge in [-0.3, -0.25) is 14.5 Å². The molecule has 0 radical (unpaired) electrons. The van der Waals surface area contributed by atoms with E-state index in [1.54, 1.807) is 30.3 Å². The molecule has 1 fully saturated rings. The molecule has 11 heteroatoms. The number of aliphatic hydroxyl groups excluding tert-OH is 1. The third-order valence-electron chi connectivity index (χ3n) is 6.50. The minimum Gasteiger partial charge on any atom is -0.507 e. The number of methoxy groups -OCH3 is 4. The molecule has 3 aromatic carbocycles. The summed E-state index contributed by atoms with van der Waals surface area (Å²) < 4.78 is 21.5. The van der Waals surface area contributed by atoms with Gasteiger partial charge in [-0.2, -0.15) is 0 Å². The Morgan fingerprint density at radius 3 is 2.26 bits per heavy atom. The molecule has 39 heavy (non-hydrogen) atoms. The third kappa shape index (κ3) is 4.28. The number of anilines is 1. The molecule has 0 bridgehead atoms. The lowest BCUT2D eigenvalue weighted by Crippen LogP contribution is -2.30. The molecule has 0 spiro atoms. The molecule has 2 heterocycles. The molecule has 1 aliphatic rings. The first-order valence-corrected chi connectivity index (χ1v) is 12.1. The molecule has 2 N–H and O–H groups in total. The predicted octanol–water partition coefficient (Wildman–Crippen LogP) is 4.88. The van der Waals surface area contributed by atoms with Crippen molar-refractivity contribution in [2.24, 2.45) is 0 Å². The number of amides is 1. The topological polar surface area (TPSA) is 123 Å². The zero-order chi connectivity index (χ0) is 27.8. The van der Waals surface area contributed by atoms with E-state index in [0.29, 0.717) is 33.8 Å². The quantitative estimate of drug-likeness (QED) is 0.190. The summed E-state index contributed by atoms with van der Waals surface area (Å²) >= 11 is 6.35. The van der Waals surface area contributed by atoms with Gasteiger partial charge in [0.25, 0.3) is 5.78 Å². The number of hydrogen-bond donors (Lipinski definition) is 2. The number of para-hydroxylation sites is 2. The van der Waals surface area contributed by atoms with E-state index < -0.39 is 23.5 Å². The second kappa shape index (κ2) is 10.2. The molecule has 0 aliphatic carbocycles. The number of rotatable bonds is 7. The number of hydrogen-bond acceptors (Lipinski definition) is 8. The molecule has 1 amide bonds. The first-order valence-electron chi connectivity index (χ1n) is 11.7. The Hall–Kier alpha value is -4.70. The van der Waals surface area contributed by atoms with Gasteiger partial charge in [0.1, 0.15) is 17.3 Å². The van der Waals surface area contributed by atoms with E-state index in [9.17, 15) is 14.7 Å². The van der Waals surface area contributed by atoms with E-state index in [1.807, 2.05) is 12.1 Å². The third-order valence-corrected chi connectivity index (χ3v) is 6.80. The first kappa shape index (κ1) is 25.9. The fourth-order valence-electron chi connectivity index (χ4n) is 4.63. The summed E-state index contributed by atoms with van der Waals surface area (Å²) in [6.07, 6.45) is 0. The number of imidazole rings is 1. The lowest BCUT2D eigenvalue weighted by molar-refractivity contribution is -0.132. The lowest BCUT2D eigenvalue weighted by atomic mass is 9.94. The summed E-state index contributed by atoms with van der Waals surface area (Å²) in [4.78, 5) is 36.0. The first-order chi connectivity index (χ1) is 18.8. The Labute approximate surface area is 228 Å². The molecule has 10 nitrogen and oxygen atoms in total. The van der Waals surface area contributed by atoms with Crippen LogP contribution in [0.4, 0.5) is 5.95 Å². The number of H-pyrrole nitrogens is 1. The summed E-state index contributed by atoms with van der Waals surface area (Å²) in [7, 11) is 5.81. The van der Waals surface area contributed by atoms with Gasteiger partial charge in [-0.25, -0.2) is 4.98 Å². The van der Waals surface area contributed by atoms with Crippen molar-refractivity contribution in [3.63, 3.8) is 0 Å². The van der Waals surface area contributed by atoms with Crippen LogP contribution < -0.4 is 23.8 Å². The number of fused-ring (bicyclic) bond motifs is 1. The maximum atomic E-state index is 13.6. The number of nitrogens with zero attached hydrogens (tertiary/aromatic N) is 2. The van der Waals surface area contributed by atoms with Crippen molar-refractivity contribution in [2.75, 3.05) is 33.3 Å². The van der Waals surface area contributed by atoms with E-state index in [0.717, 1.165) is 0 Å². The smallest absolute Gasteiger partial charge is 0.302 e. The number of ether oxygens (including phenoxy) is 4. The number of aromatic nitrogens is 2. The van der Waals surface area contributed by atoms with Gasteiger partial charge in [0, 0.05) is 6.07 Å². The highest BCUT2D eigenvalue weighted by Crippen LogP contribution is 2.45. The molecule has 5 rings (SSSR count). The minimum absolute atomic E-state index is 0.108. The number of carbonyl (C=O) groups is 2. The lowest BCUT2D eigenvalue weighted by Gasteiger charge is -2.24. The molecular formula is C28H24ClN3O7. The van der Waals surface area contributed by atoms with E-state index in [-0.39, 0.29) is 27.9 Å². The highest BCUT2D eigenvalue weighted by Gasteiger charge is 2.48. The molecule has 1 aliphatic heterocycles. The molecule has 0 saturated carbocycles. The Balaban J connectivity index is 1.78. The monoisotopic (exact) mass is 549 g/mol. The van der Waals surface area contributed by atoms with Gasteiger partial charge in [0.15, 0.2) is 11.5 Å². The van der Waals surface area contributed by atoms with E-state index in [1.165, 1.54) is 45.5 Å². The highest BCUT2D eigenvalue weighted by molar-refractivity contribution is 6.51. The number of halogens is 1. The van der Waals surface area contributed by atoms with Crippen molar-refractivity contribution in [3.8, 4) is 23.0 Å². The van der Waals surface area contributed by atoms with Gasteiger partial charge in [-0.15, -0.1) is 0 Å². The zero-order valence-corrected chi connectivity index (χ0v) is 22.2. The predicted molar refractivity (Wildman–Crippen MR) is 145 cm³/mol.